The highest BCUT2D eigenvalue weighted by molar-refractivity contribution is 7.46. The van der Waals surface area contributed by atoms with E-state index in [0.29, 0.717) is 0 Å². The SMILES string of the molecule is CCCCCCCCCCCCCCC(CCCCCCCCCCCC)CC(O)C(O)C(O)OP(=O)(O)O. The molecule has 4 unspecified atom stereocenters. The molecule has 0 saturated carbocycles. The van der Waals surface area contributed by atoms with Crippen molar-refractivity contribution < 1.29 is 34.2 Å². The molecule has 0 aliphatic rings. The van der Waals surface area contributed by atoms with E-state index in [1.54, 1.807) is 0 Å². The van der Waals surface area contributed by atoms with Gasteiger partial charge in [-0.25, -0.2) is 4.57 Å². The molecule has 0 heterocycles. The number of hydrogen-bond donors (Lipinski definition) is 5. The lowest BCUT2D eigenvalue weighted by Gasteiger charge is -2.26. The fraction of sp³-hybridized carbons (Fsp3) is 1.00. The lowest BCUT2D eigenvalue weighted by atomic mass is 9.88. The van der Waals surface area contributed by atoms with Crippen molar-refractivity contribution in [1.29, 1.82) is 0 Å². The second kappa shape index (κ2) is 26.9. The first-order valence-electron chi connectivity index (χ1n) is 16.5. The fourth-order valence-corrected chi connectivity index (χ4v) is 5.85. The third kappa shape index (κ3) is 26.6. The average Bonchev–Trinajstić information content (AvgIpc) is 2.88. The largest absolute Gasteiger partial charge is 0.472 e. The fourth-order valence-electron chi connectivity index (χ4n) is 5.45. The van der Waals surface area contributed by atoms with Crippen LogP contribution in [-0.4, -0.2) is 43.6 Å². The van der Waals surface area contributed by atoms with Crippen molar-refractivity contribution in [2.45, 2.75) is 193 Å². The summed E-state index contributed by atoms with van der Waals surface area (Å²) in [5.74, 6) is 0.203. The van der Waals surface area contributed by atoms with Crippen LogP contribution in [-0.2, 0) is 9.09 Å². The zero-order valence-electron chi connectivity index (χ0n) is 25.5. The summed E-state index contributed by atoms with van der Waals surface area (Å²) < 4.78 is 15.1. The number of aliphatic hydroxyl groups is 3. The van der Waals surface area contributed by atoms with Crippen molar-refractivity contribution >= 4 is 7.82 Å². The van der Waals surface area contributed by atoms with E-state index in [1.165, 1.54) is 116 Å². The Morgan fingerprint density at radius 1 is 0.538 bits per heavy atom. The van der Waals surface area contributed by atoms with Gasteiger partial charge in [-0.15, -0.1) is 0 Å². The molecular weight excluding hydrogens is 515 g/mol. The molecule has 0 aromatic carbocycles. The van der Waals surface area contributed by atoms with Gasteiger partial charge in [-0.2, -0.15) is 0 Å². The first-order chi connectivity index (χ1) is 18.7. The van der Waals surface area contributed by atoms with E-state index in [-0.39, 0.29) is 12.3 Å². The molecule has 0 aromatic rings. The van der Waals surface area contributed by atoms with Gasteiger partial charge >= 0.3 is 7.82 Å². The van der Waals surface area contributed by atoms with Gasteiger partial charge in [-0.3, -0.25) is 4.52 Å². The van der Waals surface area contributed by atoms with Gasteiger partial charge < -0.3 is 25.1 Å². The van der Waals surface area contributed by atoms with Gasteiger partial charge in [0.1, 0.15) is 6.10 Å². The summed E-state index contributed by atoms with van der Waals surface area (Å²) in [6, 6.07) is 0. The molecule has 0 spiro atoms. The third-order valence-corrected chi connectivity index (χ3v) is 8.43. The van der Waals surface area contributed by atoms with Gasteiger partial charge in [0.25, 0.3) is 0 Å². The molecule has 0 aliphatic carbocycles. The highest BCUT2D eigenvalue weighted by atomic mass is 31.2. The molecule has 7 nitrogen and oxygen atoms in total. The van der Waals surface area contributed by atoms with Crippen LogP contribution in [0.2, 0.25) is 0 Å². The van der Waals surface area contributed by atoms with Gasteiger partial charge in [0.2, 0.25) is 0 Å². The molecule has 0 aromatic heterocycles. The first kappa shape index (κ1) is 39.0. The molecule has 0 saturated heterocycles. The Bertz CT molecular complexity index is 557. The van der Waals surface area contributed by atoms with Crippen molar-refractivity contribution in [3.63, 3.8) is 0 Å². The summed E-state index contributed by atoms with van der Waals surface area (Å²) in [7, 11) is -4.95. The number of phosphoric ester groups is 1. The normalized spacial score (nSPS) is 15.4. The first-order valence-corrected chi connectivity index (χ1v) is 18.0. The van der Waals surface area contributed by atoms with E-state index in [9.17, 15) is 19.9 Å². The Morgan fingerprint density at radius 3 is 1.15 bits per heavy atom. The van der Waals surface area contributed by atoms with E-state index in [0.717, 1.165) is 38.5 Å². The molecule has 0 bridgehead atoms. The summed E-state index contributed by atoms with van der Waals surface area (Å²) in [6.07, 6.45) is 25.1. The predicted octanol–water partition coefficient (Wildman–Crippen LogP) is 8.54. The highest BCUT2D eigenvalue weighted by Crippen LogP contribution is 2.38. The lowest BCUT2D eigenvalue weighted by molar-refractivity contribution is -0.153. The summed E-state index contributed by atoms with van der Waals surface area (Å²) in [5, 5.41) is 30.4. The van der Waals surface area contributed by atoms with Gasteiger partial charge in [-0.1, -0.05) is 168 Å². The molecule has 0 aliphatic heterocycles. The molecule has 236 valence electrons. The Morgan fingerprint density at radius 2 is 0.846 bits per heavy atom. The van der Waals surface area contributed by atoms with Crippen molar-refractivity contribution in [2.24, 2.45) is 5.92 Å². The quantitative estimate of drug-likeness (QED) is 0.0327. The Hall–Kier alpha value is -0.0100. The maximum atomic E-state index is 11.0. The molecule has 4 atom stereocenters. The minimum absolute atomic E-state index is 0.203. The molecule has 0 rings (SSSR count). The van der Waals surface area contributed by atoms with E-state index in [4.69, 9.17) is 9.79 Å². The standard InChI is InChI=1S/C31H65O7P/c1-3-5-7-9-11-13-15-16-18-20-22-24-26-28(25-23-21-19-17-14-12-10-8-6-4-2)27-29(32)30(33)31(34)38-39(35,36)37/h28-34H,3-27H2,1-2H3,(H2,35,36,37). The van der Waals surface area contributed by atoms with Crippen LogP contribution in [0.5, 0.6) is 0 Å². The molecular formula is C31H65O7P. The monoisotopic (exact) mass is 580 g/mol. The maximum absolute atomic E-state index is 11.0. The van der Waals surface area contributed by atoms with Crippen LogP contribution in [0.25, 0.3) is 0 Å². The topological polar surface area (TPSA) is 127 Å². The summed E-state index contributed by atoms with van der Waals surface area (Å²) in [6.45, 7) is 4.49. The van der Waals surface area contributed by atoms with Crippen molar-refractivity contribution in [2.75, 3.05) is 0 Å². The summed E-state index contributed by atoms with van der Waals surface area (Å²) in [4.78, 5) is 17.7. The summed E-state index contributed by atoms with van der Waals surface area (Å²) >= 11 is 0. The van der Waals surface area contributed by atoms with Gasteiger partial charge in [0, 0.05) is 0 Å². The number of rotatable bonds is 30. The molecule has 0 radical (unpaired) electrons. The van der Waals surface area contributed by atoms with Crippen LogP contribution in [0.4, 0.5) is 0 Å². The van der Waals surface area contributed by atoms with Crippen LogP contribution in [0.1, 0.15) is 174 Å². The van der Waals surface area contributed by atoms with Gasteiger partial charge in [0.05, 0.1) is 6.10 Å². The summed E-state index contributed by atoms with van der Waals surface area (Å²) in [5.41, 5.74) is 0. The molecule has 5 N–H and O–H groups in total. The van der Waals surface area contributed by atoms with E-state index < -0.39 is 26.3 Å². The van der Waals surface area contributed by atoms with Gasteiger partial charge in [0.15, 0.2) is 6.29 Å². The second-order valence-corrected chi connectivity index (χ2v) is 13.0. The Labute approximate surface area is 240 Å². The Balaban J connectivity index is 4.29. The zero-order valence-corrected chi connectivity index (χ0v) is 26.4. The number of hydrogen-bond acceptors (Lipinski definition) is 5. The maximum Gasteiger partial charge on any atom is 0.472 e. The van der Waals surface area contributed by atoms with E-state index in [2.05, 4.69) is 18.4 Å². The second-order valence-electron chi connectivity index (χ2n) is 11.8. The molecule has 39 heavy (non-hydrogen) atoms. The third-order valence-electron chi connectivity index (χ3n) is 7.94. The van der Waals surface area contributed by atoms with E-state index in [1.807, 2.05) is 0 Å². The Kier molecular flexibility index (Phi) is 26.9. The average molecular weight is 581 g/mol. The predicted molar refractivity (Wildman–Crippen MR) is 161 cm³/mol. The number of phosphoric acid groups is 1. The number of unbranched alkanes of at least 4 members (excludes halogenated alkanes) is 20. The van der Waals surface area contributed by atoms with Crippen LogP contribution in [0.15, 0.2) is 0 Å². The van der Waals surface area contributed by atoms with Gasteiger partial charge in [-0.05, 0) is 12.3 Å². The van der Waals surface area contributed by atoms with E-state index >= 15 is 0 Å². The van der Waals surface area contributed by atoms with Crippen LogP contribution < -0.4 is 0 Å². The minimum atomic E-state index is -4.95. The van der Waals surface area contributed by atoms with Crippen molar-refractivity contribution in [3.8, 4) is 0 Å². The van der Waals surface area contributed by atoms with Crippen molar-refractivity contribution in [1.82, 2.24) is 0 Å². The zero-order chi connectivity index (χ0) is 29.2. The highest BCUT2D eigenvalue weighted by Gasteiger charge is 2.32. The van der Waals surface area contributed by atoms with Crippen LogP contribution in [0.3, 0.4) is 0 Å². The number of aliphatic hydroxyl groups excluding tert-OH is 3. The van der Waals surface area contributed by atoms with Crippen LogP contribution in [0, 0.1) is 5.92 Å². The minimum Gasteiger partial charge on any atom is -0.390 e. The smallest absolute Gasteiger partial charge is 0.390 e. The molecule has 0 amide bonds. The van der Waals surface area contributed by atoms with Crippen molar-refractivity contribution in [3.05, 3.63) is 0 Å². The lowest BCUT2D eigenvalue weighted by Crippen LogP contribution is -2.39. The van der Waals surface area contributed by atoms with Crippen LogP contribution >= 0.6 is 7.82 Å². The molecule has 8 heteroatoms. The molecule has 0 fully saturated rings.